The van der Waals surface area contributed by atoms with Crippen LogP contribution in [0.3, 0.4) is 0 Å². The van der Waals surface area contributed by atoms with Crippen LogP contribution in [0.25, 0.3) is 0 Å². The molecule has 2 N–H and O–H groups in total. The minimum Gasteiger partial charge on any atom is -0.350 e. The van der Waals surface area contributed by atoms with Crippen molar-refractivity contribution in [3.8, 4) is 0 Å². The highest BCUT2D eigenvalue weighted by Gasteiger charge is 2.28. The quantitative estimate of drug-likeness (QED) is 0.860. The van der Waals surface area contributed by atoms with Crippen LogP contribution in [0.2, 0.25) is 0 Å². The van der Waals surface area contributed by atoms with Gasteiger partial charge in [0.15, 0.2) is 5.82 Å². The summed E-state index contributed by atoms with van der Waals surface area (Å²) in [7, 11) is 0. The molecule has 2 heterocycles. The van der Waals surface area contributed by atoms with E-state index in [1.54, 1.807) is 0 Å². The van der Waals surface area contributed by atoms with E-state index in [9.17, 15) is 9.59 Å². The lowest BCUT2D eigenvalue weighted by molar-refractivity contribution is 0.0911. The number of fused-ring (bicyclic) bond motifs is 1. The highest BCUT2D eigenvalue weighted by Crippen LogP contribution is 2.22. The molecule has 1 aromatic rings. The van der Waals surface area contributed by atoms with E-state index in [0.717, 1.165) is 44.3 Å². The Balaban J connectivity index is 1.79. The van der Waals surface area contributed by atoms with Gasteiger partial charge in [-0.15, -0.1) is 0 Å². The molecule has 0 spiro atoms. The molecule has 1 aliphatic carbocycles. The molecule has 1 fully saturated rings. The van der Waals surface area contributed by atoms with E-state index in [2.05, 4.69) is 29.5 Å². The minimum atomic E-state index is -0.156. The van der Waals surface area contributed by atoms with Crippen molar-refractivity contribution in [2.24, 2.45) is 5.92 Å². The van der Waals surface area contributed by atoms with Crippen LogP contribution in [0.15, 0.2) is 0 Å². The first-order chi connectivity index (χ1) is 12.1. The number of imidazole rings is 1. The molecule has 0 aromatic carbocycles. The number of carbonyl (C=O) groups is 2. The van der Waals surface area contributed by atoms with E-state index in [1.165, 1.54) is 19.3 Å². The largest absolute Gasteiger partial charge is 0.350 e. The summed E-state index contributed by atoms with van der Waals surface area (Å²) in [5.74, 6) is 0.514. The van der Waals surface area contributed by atoms with E-state index in [1.807, 2.05) is 4.57 Å². The van der Waals surface area contributed by atoms with Crippen LogP contribution in [-0.2, 0) is 13.0 Å². The zero-order chi connectivity index (χ0) is 17.8. The summed E-state index contributed by atoms with van der Waals surface area (Å²) in [6.07, 6.45) is 8.57. The van der Waals surface area contributed by atoms with Crippen molar-refractivity contribution in [3.05, 3.63) is 17.2 Å². The maximum absolute atomic E-state index is 12.8. The topological polar surface area (TPSA) is 76.0 Å². The van der Waals surface area contributed by atoms with Crippen molar-refractivity contribution < 1.29 is 9.59 Å². The molecule has 3 rings (SSSR count). The first-order valence-electron chi connectivity index (χ1n) is 9.74. The Morgan fingerprint density at radius 1 is 1.12 bits per heavy atom. The Kier molecular flexibility index (Phi) is 5.76. The lowest BCUT2D eigenvalue weighted by atomic mass is 9.95. The Morgan fingerprint density at radius 2 is 1.88 bits per heavy atom. The molecule has 138 valence electrons. The fourth-order valence-electron chi connectivity index (χ4n) is 3.78. The zero-order valence-electron chi connectivity index (χ0n) is 15.4. The van der Waals surface area contributed by atoms with Gasteiger partial charge in [-0.05, 0) is 38.0 Å². The molecule has 1 saturated carbocycles. The summed E-state index contributed by atoms with van der Waals surface area (Å²) in [6.45, 7) is 5.51. The molecule has 2 aliphatic rings. The molecule has 0 unspecified atom stereocenters. The van der Waals surface area contributed by atoms with Crippen LogP contribution < -0.4 is 10.6 Å². The fourth-order valence-corrected chi connectivity index (χ4v) is 3.78. The van der Waals surface area contributed by atoms with Gasteiger partial charge in [-0.2, -0.15) is 0 Å². The van der Waals surface area contributed by atoms with Crippen LogP contribution in [0.5, 0.6) is 0 Å². The van der Waals surface area contributed by atoms with Gasteiger partial charge in [0.25, 0.3) is 11.8 Å². The molecule has 6 nitrogen and oxygen atoms in total. The zero-order valence-corrected chi connectivity index (χ0v) is 15.4. The van der Waals surface area contributed by atoms with Crippen LogP contribution in [0.4, 0.5) is 0 Å². The third kappa shape index (κ3) is 4.22. The molecule has 1 aliphatic heterocycles. The smallest absolute Gasteiger partial charge is 0.287 e. The molecule has 0 saturated heterocycles. The van der Waals surface area contributed by atoms with Gasteiger partial charge in [-0.3, -0.25) is 9.59 Å². The summed E-state index contributed by atoms with van der Waals surface area (Å²) in [5, 5.41) is 6.07. The summed E-state index contributed by atoms with van der Waals surface area (Å²) >= 11 is 0. The van der Waals surface area contributed by atoms with Crippen molar-refractivity contribution in [3.63, 3.8) is 0 Å². The number of aromatic nitrogens is 2. The molecule has 2 amide bonds. The van der Waals surface area contributed by atoms with Gasteiger partial charge < -0.3 is 15.2 Å². The third-order valence-corrected chi connectivity index (χ3v) is 5.15. The van der Waals surface area contributed by atoms with E-state index in [4.69, 9.17) is 0 Å². The molecule has 0 radical (unpaired) electrons. The summed E-state index contributed by atoms with van der Waals surface area (Å²) in [4.78, 5) is 29.8. The number of nitrogens with one attached hydrogen (secondary N) is 2. The Labute approximate surface area is 149 Å². The minimum absolute atomic E-state index is 0.127. The second-order valence-corrected chi connectivity index (χ2v) is 7.75. The number of rotatable bonds is 5. The Bertz CT molecular complexity index is 630. The van der Waals surface area contributed by atoms with E-state index in [0.29, 0.717) is 24.0 Å². The maximum atomic E-state index is 12.8. The van der Waals surface area contributed by atoms with Crippen LogP contribution >= 0.6 is 0 Å². The number of nitrogens with zero attached hydrogens (tertiary/aromatic N) is 2. The molecular weight excluding hydrogens is 316 g/mol. The molecule has 25 heavy (non-hydrogen) atoms. The Morgan fingerprint density at radius 3 is 2.60 bits per heavy atom. The third-order valence-electron chi connectivity index (χ3n) is 5.15. The molecule has 6 heteroatoms. The second-order valence-electron chi connectivity index (χ2n) is 7.75. The highest BCUT2D eigenvalue weighted by molar-refractivity contribution is 5.97. The van der Waals surface area contributed by atoms with Crippen molar-refractivity contribution >= 4 is 11.8 Å². The van der Waals surface area contributed by atoms with E-state index in [-0.39, 0.29) is 17.9 Å². The lowest BCUT2D eigenvalue weighted by Gasteiger charge is -2.23. The van der Waals surface area contributed by atoms with Gasteiger partial charge in [-0.25, -0.2) is 4.98 Å². The van der Waals surface area contributed by atoms with Crippen LogP contribution in [0, 0.1) is 5.92 Å². The van der Waals surface area contributed by atoms with Gasteiger partial charge in [0.05, 0.1) is 5.69 Å². The van der Waals surface area contributed by atoms with Crippen LogP contribution in [-0.4, -0.2) is 34.0 Å². The van der Waals surface area contributed by atoms with Gasteiger partial charge >= 0.3 is 0 Å². The molecular formula is C19H30N4O2. The lowest BCUT2D eigenvalue weighted by Crippen LogP contribution is -2.37. The summed E-state index contributed by atoms with van der Waals surface area (Å²) in [6, 6.07) is 0.246. The number of carbonyl (C=O) groups excluding carboxylic acids is 2. The van der Waals surface area contributed by atoms with Gasteiger partial charge in [0.2, 0.25) is 0 Å². The van der Waals surface area contributed by atoms with Gasteiger partial charge in [-0.1, -0.05) is 33.1 Å². The predicted molar refractivity (Wildman–Crippen MR) is 96.7 cm³/mol. The summed E-state index contributed by atoms with van der Waals surface area (Å²) in [5.41, 5.74) is 1.36. The number of amides is 2. The summed E-state index contributed by atoms with van der Waals surface area (Å²) < 4.78 is 1.96. The second kappa shape index (κ2) is 8.02. The van der Waals surface area contributed by atoms with E-state index < -0.39 is 0 Å². The first-order valence-corrected chi connectivity index (χ1v) is 9.74. The molecule has 0 atom stereocenters. The van der Waals surface area contributed by atoms with Gasteiger partial charge in [0.1, 0.15) is 5.69 Å². The fraction of sp³-hybridized carbons (Fsp3) is 0.737. The first kappa shape index (κ1) is 18.0. The van der Waals surface area contributed by atoms with Crippen molar-refractivity contribution in [2.45, 2.75) is 77.8 Å². The average molecular weight is 346 g/mol. The standard InChI is InChI=1S/C19H30N4O2/c1-13(2)12-20-18(24)16-15-10-6-7-11-23(15)17(22-16)19(25)21-14-8-4-3-5-9-14/h13-14H,3-12H2,1-2H3,(H,20,24)(H,21,25). The number of hydrogen-bond donors (Lipinski definition) is 2. The van der Waals surface area contributed by atoms with Crippen LogP contribution in [0.1, 0.15) is 85.6 Å². The molecule has 0 bridgehead atoms. The molecule has 1 aromatic heterocycles. The SMILES string of the molecule is CC(C)CNC(=O)c1nc(C(=O)NC2CCCCC2)n2c1CCCC2. The van der Waals surface area contributed by atoms with Crippen molar-refractivity contribution in [1.82, 2.24) is 20.2 Å². The average Bonchev–Trinajstić information content (AvgIpc) is 3.00. The monoisotopic (exact) mass is 346 g/mol. The normalized spacial score (nSPS) is 18.0. The van der Waals surface area contributed by atoms with Crippen molar-refractivity contribution in [1.29, 1.82) is 0 Å². The highest BCUT2D eigenvalue weighted by atomic mass is 16.2. The predicted octanol–water partition coefficient (Wildman–Crippen LogP) is 2.67. The van der Waals surface area contributed by atoms with Crippen molar-refractivity contribution in [2.75, 3.05) is 6.54 Å². The van der Waals surface area contributed by atoms with E-state index >= 15 is 0 Å². The number of hydrogen-bond acceptors (Lipinski definition) is 3. The Hall–Kier alpha value is -1.85. The van der Waals surface area contributed by atoms with Gasteiger partial charge in [0, 0.05) is 19.1 Å². The maximum Gasteiger partial charge on any atom is 0.287 e.